The molecule has 0 heterocycles. The molecular formula is C13H16N2O3. The Kier molecular flexibility index (Phi) is 3.62. The second kappa shape index (κ2) is 5.18. The number of hydrogen-bond acceptors (Lipinski definition) is 4. The highest BCUT2D eigenvalue weighted by atomic mass is 16.5. The molecule has 0 radical (unpaired) electrons. The van der Waals surface area contributed by atoms with E-state index in [1.165, 1.54) is 7.11 Å². The Balaban J connectivity index is 2.14. The molecular weight excluding hydrogens is 232 g/mol. The highest BCUT2D eigenvalue weighted by Crippen LogP contribution is 2.24. The average molecular weight is 248 g/mol. The lowest BCUT2D eigenvalue weighted by Crippen LogP contribution is -2.34. The van der Waals surface area contributed by atoms with Crippen molar-refractivity contribution in [2.75, 3.05) is 7.11 Å². The number of carbonyl (C=O) groups is 2. The summed E-state index contributed by atoms with van der Waals surface area (Å²) in [5.74, 6) is -0.806. The number of hydrogen-bond donors (Lipinski definition) is 2. The predicted octanol–water partition coefficient (Wildman–Crippen LogP) is 0.752. The monoisotopic (exact) mass is 248 g/mol. The van der Waals surface area contributed by atoms with Gasteiger partial charge in [-0.15, -0.1) is 0 Å². The zero-order valence-electron chi connectivity index (χ0n) is 10.2. The van der Waals surface area contributed by atoms with E-state index in [9.17, 15) is 9.59 Å². The van der Waals surface area contributed by atoms with Gasteiger partial charge in [0.1, 0.15) is 6.04 Å². The van der Waals surface area contributed by atoms with E-state index in [1.807, 2.05) is 0 Å². The number of primary amides is 1. The van der Waals surface area contributed by atoms with Crippen LogP contribution in [0.3, 0.4) is 0 Å². The molecule has 1 aromatic rings. The number of ether oxygens (including phenoxy) is 1. The van der Waals surface area contributed by atoms with E-state index < -0.39 is 17.9 Å². The van der Waals surface area contributed by atoms with E-state index in [4.69, 9.17) is 5.73 Å². The van der Waals surface area contributed by atoms with Crippen molar-refractivity contribution in [1.29, 1.82) is 0 Å². The molecule has 1 amide bonds. The highest BCUT2D eigenvalue weighted by molar-refractivity contribution is 5.89. The van der Waals surface area contributed by atoms with E-state index in [0.717, 1.165) is 18.4 Å². The Morgan fingerprint density at radius 2 is 1.94 bits per heavy atom. The van der Waals surface area contributed by atoms with Crippen LogP contribution in [-0.4, -0.2) is 25.0 Å². The van der Waals surface area contributed by atoms with Crippen LogP contribution < -0.4 is 11.1 Å². The summed E-state index contributed by atoms with van der Waals surface area (Å²) in [4.78, 5) is 22.7. The maximum atomic E-state index is 11.4. The predicted molar refractivity (Wildman–Crippen MR) is 65.9 cm³/mol. The van der Waals surface area contributed by atoms with Crippen LogP contribution in [0.4, 0.5) is 0 Å². The smallest absolute Gasteiger partial charge is 0.337 e. The summed E-state index contributed by atoms with van der Waals surface area (Å²) in [6.07, 6.45) is 2.15. The maximum Gasteiger partial charge on any atom is 0.337 e. The van der Waals surface area contributed by atoms with Crippen molar-refractivity contribution in [3.05, 3.63) is 35.4 Å². The summed E-state index contributed by atoms with van der Waals surface area (Å²) < 4.78 is 4.61. The fraction of sp³-hybridized carbons (Fsp3) is 0.385. The minimum Gasteiger partial charge on any atom is -0.465 e. The number of benzene rings is 1. The molecule has 1 unspecified atom stereocenters. The zero-order valence-corrected chi connectivity index (χ0v) is 10.2. The summed E-state index contributed by atoms with van der Waals surface area (Å²) in [7, 11) is 1.33. The average Bonchev–Trinajstić information content (AvgIpc) is 3.19. The molecule has 1 atom stereocenters. The molecule has 1 aliphatic carbocycles. The molecule has 0 aliphatic heterocycles. The minimum absolute atomic E-state index is 0.378. The maximum absolute atomic E-state index is 11.4. The van der Waals surface area contributed by atoms with E-state index in [2.05, 4.69) is 10.1 Å². The van der Waals surface area contributed by atoms with Crippen molar-refractivity contribution in [3.8, 4) is 0 Å². The van der Waals surface area contributed by atoms with Crippen LogP contribution in [0.2, 0.25) is 0 Å². The fourth-order valence-corrected chi connectivity index (χ4v) is 1.76. The Morgan fingerprint density at radius 1 is 1.33 bits per heavy atom. The molecule has 18 heavy (non-hydrogen) atoms. The van der Waals surface area contributed by atoms with Gasteiger partial charge in [-0.2, -0.15) is 0 Å². The van der Waals surface area contributed by atoms with Crippen LogP contribution in [0.5, 0.6) is 0 Å². The molecule has 1 fully saturated rings. The summed E-state index contributed by atoms with van der Waals surface area (Å²) in [5.41, 5.74) is 6.60. The third-order valence-electron chi connectivity index (χ3n) is 2.93. The van der Waals surface area contributed by atoms with Crippen LogP contribution >= 0.6 is 0 Å². The van der Waals surface area contributed by atoms with E-state index in [0.29, 0.717) is 11.6 Å². The molecule has 96 valence electrons. The topological polar surface area (TPSA) is 81.4 Å². The third-order valence-corrected chi connectivity index (χ3v) is 2.93. The molecule has 0 saturated heterocycles. The largest absolute Gasteiger partial charge is 0.465 e. The number of nitrogens with one attached hydrogen (secondary N) is 1. The lowest BCUT2D eigenvalue weighted by atomic mass is 10.0. The molecule has 2 rings (SSSR count). The zero-order chi connectivity index (χ0) is 13.1. The highest BCUT2D eigenvalue weighted by Gasteiger charge is 2.28. The summed E-state index contributed by atoms with van der Waals surface area (Å²) in [5, 5.41) is 3.18. The van der Waals surface area contributed by atoms with Gasteiger partial charge in [-0.1, -0.05) is 12.1 Å². The first-order valence-corrected chi connectivity index (χ1v) is 5.85. The standard InChI is InChI=1S/C13H16N2O3/c1-18-13(17)9-4-2-8(3-5-9)11(12(14)16)15-10-6-7-10/h2-5,10-11,15H,6-7H2,1H3,(H2,14,16). The lowest BCUT2D eigenvalue weighted by molar-refractivity contribution is -0.120. The van der Waals surface area contributed by atoms with Gasteiger partial charge < -0.3 is 10.5 Å². The van der Waals surface area contributed by atoms with Gasteiger partial charge in [0.05, 0.1) is 12.7 Å². The minimum atomic E-state index is -0.496. The van der Waals surface area contributed by atoms with Crippen LogP contribution in [0.1, 0.15) is 34.8 Å². The number of rotatable bonds is 5. The Hall–Kier alpha value is -1.88. The number of nitrogens with two attached hydrogens (primary N) is 1. The quantitative estimate of drug-likeness (QED) is 0.753. The SMILES string of the molecule is COC(=O)c1ccc(C(NC2CC2)C(N)=O)cc1. The first-order chi connectivity index (χ1) is 8.61. The molecule has 1 aromatic carbocycles. The second-order valence-corrected chi connectivity index (χ2v) is 4.39. The second-order valence-electron chi connectivity index (χ2n) is 4.39. The molecule has 5 heteroatoms. The fourth-order valence-electron chi connectivity index (χ4n) is 1.76. The summed E-state index contributed by atoms with van der Waals surface area (Å²) >= 11 is 0. The van der Waals surface area contributed by atoms with Crippen LogP contribution in [0, 0.1) is 0 Å². The van der Waals surface area contributed by atoms with Gasteiger partial charge >= 0.3 is 5.97 Å². The van der Waals surface area contributed by atoms with Crippen molar-refractivity contribution >= 4 is 11.9 Å². The van der Waals surface area contributed by atoms with Gasteiger partial charge in [0.25, 0.3) is 0 Å². The van der Waals surface area contributed by atoms with Crippen molar-refractivity contribution in [2.24, 2.45) is 5.73 Å². The Morgan fingerprint density at radius 3 is 2.39 bits per heavy atom. The van der Waals surface area contributed by atoms with Gasteiger partial charge in [-0.05, 0) is 30.5 Å². The van der Waals surface area contributed by atoms with Crippen molar-refractivity contribution in [2.45, 2.75) is 24.9 Å². The van der Waals surface area contributed by atoms with Crippen LogP contribution in [0.25, 0.3) is 0 Å². The molecule has 0 bridgehead atoms. The molecule has 0 spiro atoms. The molecule has 0 aromatic heterocycles. The molecule has 5 nitrogen and oxygen atoms in total. The van der Waals surface area contributed by atoms with Gasteiger partial charge in [-0.25, -0.2) is 4.79 Å². The summed E-state index contributed by atoms with van der Waals surface area (Å²) in [6.45, 7) is 0. The van der Waals surface area contributed by atoms with E-state index in [-0.39, 0.29) is 0 Å². The molecule has 1 aliphatic rings. The van der Waals surface area contributed by atoms with Crippen molar-refractivity contribution < 1.29 is 14.3 Å². The van der Waals surface area contributed by atoms with Crippen molar-refractivity contribution in [3.63, 3.8) is 0 Å². The lowest BCUT2D eigenvalue weighted by Gasteiger charge is -2.15. The number of methoxy groups -OCH3 is 1. The normalized spacial score (nSPS) is 16.1. The Bertz CT molecular complexity index is 452. The van der Waals surface area contributed by atoms with Gasteiger partial charge in [0.15, 0.2) is 0 Å². The molecule has 1 saturated carbocycles. The van der Waals surface area contributed by atoms with Gasteiger partial charge in [0, 0.05) is 6.04 Å². The van der Waals surface area contributed by atoms with Gasteiger partial charge in [-0.3, -0.25) is 10.1 Å². The Labute approximate surface area is 105 Å². The number of amides is 1. The van der Waals surface area contributed by atoms with E-state index >= 15 is 0 Å². The van der Waals surface area contributed by atoms with Crippen LogP contribution in [-0.2, 0) is 9.53 Å². The van der Waals surface area contributed by atoms with Crippen molar-refractivity contribution in [1.82, 2.24) is 5.32 Å². The van der Waals surface area contributed by atoms with Gasteiger partial charge in [0.2, 0.25) is 5.91 Å². The third kappa shape index (κ3) is 2.87. The molecule has 3 N–H and O–H groups in total. The van der Waals surface area contributed by atoms with E-state index in [1.54, 1.807) is 24.3 Å². The first kappa shape index (κ1) is 12.6. The number of carbonyl (C=O) groups excluding carboxylic acids is 2. The first-order valence-electron chi connectivity index (χ1n) is 5.85. The number of esters is 1. The summed E-state index contributed by atoms with van der Waals surface area (Å²) in [6, 6.07) is 6.58. The van der Waals surface area contributed by atoms with Crippen LogP contribution in [0.15, 0.2) is 24.3 Å².